The second-order valence-electron chi connectivity index (χ2n) is 2.67. The number of aromatic nitrogens is 1. The number of rotatable bonds is 1. The van der Waals surface area contributed by atoms with E-state index in [9.17, 15) is 4.39 Å². The molecule has 0 saturated heterocycles. The van der Waals surface area contributed by atoms with Gasteiger partial charge in [-0.05, 0) is 22.0 Å². The molecule has 0 unspecified atom stereocenters. The third-order valence-corrected chi connectivity index (χ3v) is 3.27. The summed E-state index contributed by atoms with van der Waals surface area (Å²) in [6.07, 6.45) is 0. The summed E-state index contributed by atoms with van der Waals surface area (Å²) in [7, 11) is 0. The Labute approximate surface area is 92.7 Å². The highest BCUT2D eigenvalue weighted by Crippen LogP contribution is 2.34. The van der Waals surface area contributed by atoms with E-state index in [1.165, 1.54) is 17.4 Å². The summed E-state index contributed by atoms with van der Waals surface area (Å²) < 4.78 is 13.6. The van der Waals surface area contributed by atoms with E-state index in [2.05, 4.69) is 20.9 Å². The molecule has 1 heterocycles. The minimum Gasteiger partial charge on any atom is -0.389 e. The van der Waals surface area contributed by atoms with Gasteiger partial charge in [0.2, 0.25) is 0 Å². The van der Waals surface area contributed by atoms with Gasteiger partial charge in [-0.25, -0.2) is 9.37 Å². The van der Waals surface area contributed by atoms with Crippen molar-refractivity contribution in [1.29, 1.82) is 0 Å². The minimum atomic E-state index is -0.310. The zero-order valence-electron chi connectivity index (χ0n) is 7.00. The van der Waals surface area contributed by atoms with E-state index in [0.717, 1.165) is 0 Å². The molecule has 0 saturated carbocycles. The van der Waals surface area contributed by atoms with E-state index in [0.29, 0.717) is 20.7 Å². The molecule has 0 aliphatic rings. The molecular weight excluding hydrogens is 267 g/mol. The quantitative estimate of drug-likeness (QED) is 0.865. The second-order valence-corrected chi connectivity index (χ2v) is 4.35. The molecule has 1 aromatic heterocycles. The fourth-order valence-electron chi connectivity index (χ4n) is 1.14. The van der Waals surface area contributed by atoms with Gasteiger partial charge in [-0.1, -0.05) is 12.1 Å². The van der Waals surface area contributed by atoms with Gasteiger partial charge in [0.25, 0.3) is 0 Å². The van der Waals surface area contributed by atoms with Crippen molar-refractivity contribution >= 4 is 32.3 Å². The first-order valence-electron chi connectivity index (χ1n) is 3.83. The van der Waals surface area contributed by atoms with Gasteiger partial charge in [0.1, 0.15) is 16.5 Å². The Kier molecular flexibility index (Phi) is 2.52. The van der Waals surface area contributed by atoms with Crippen molar-refractivity contribution in [3.63, 3.8) is 0 Å². The fourth-order valence-corrected chi connectivity index (χ4v) is 2.14. The third kappa shape index (κ3) is 1.53. The van der Waals surface area contributed by atoms with Crippen LogP contribution in [0.1, 0.15) is 0 Å². The standard InChI is InChI=1S/C9H6BrFN2S/c10-7-5(2-1-3-6(7)11)8-9(12)14-4-13-8/h1-4H,12H2. The van der Waals surface area contributed by atoms with E-state index in [4.69, 9.17) is 5.73 Å². The summed E-state index contributed by atoms with van der Waals surface area (Å²) in [5.74, 6) is -0.310. The zero-order valence-corrected chi connectivity index (χ0v) is 9.40. The maximum atomic E-state index is 13.2. The fraction of sp³-hybridized carbons (Fsp3) is 0. The summed E-state index contributed by atoms with van der Waals surface area (Å²) in [6.45, 7) is 0. The topological polar surface area (TPSA) is 38.9 Å². The number of anilines is 1. The molecule has 5 heteroatoms. The van der Waals surface area contributed by atoms with Crippen molar-refractivity contribution in [3.8, 4) is 11.3 Å². The van der Waals surface area contributed by atoms with Gasteiger partial charge in [-0.3, -0.25) is 0 Å². The average Bonchev–Trinajstić information content (AvgIpc) is 2.57. The summed E-state index contributed by atoms with van der Waals surface area (Å²) in [5, 5.41) is 0.594. The number of nitrogen functional groups attached to an aromatic ring is 1. The van der Waals surface area contributed by atoms with Crippen molar-refractivity contribution in [1.82, 2.24) is 4.98 Å². The van der Waals surface area contributed by atoms with Crippen LogP contribution in [0.15, 0.2) is 28.2 Å². The van der Waals surface area contributed by atoms with Gasteiger partial charge < -0.3 is 5.73 Å². The molecule has 0 amide bonds. The highest BCUT2D eigenvalue weighted by atomic mass is 79.9. The molecule has 0 aliphatic heterocycles. The smallest absolute Gasteiger partial charge is 0.138 e. The van der Waals surface area contributed by atoms with Gasteiger partial charge in [-0.15, -0.1) is 11.3 Å². The number of nitrogens with two attached hydrogens (primary N) is 1. The molecule has 0 atom stereocenters. The van der Waals surface area contributed by atoms with Crippen molar-refractivity contribution in [2.75, 3.05) is 5.73 Å². The highest BCUT2D eigenvalue weighted by Gasteiger charge is 2.11. The molecular formula is C9H6BrFN2S. The van der Waals surface area contributed by atoms with Gasteiger partial charge in [0.15, 0.2) is 0 Å². The molecule has 2 rings (SSSR count). The first-order valence-corrected chi connectivity index (χ1v) is 5.50. The Bertz CT molecular complexity index is 470. The molecule has 0 radical (unpaired) electrons. The van der Waals surface area contributed by atoms with Gasteiger partial charge in [0, 0.05) is 5.56 Å². The van der Waals surface area contributed by atoms with Crippen molar-refractivity contribution < 1.29 is 4.39 Å². The lowest BCUT2D eigenvalue weighted by molar-refractivity contribution is 0.621. The summed E-state index contributed by atoms with van der Waals surface area (Å²) in [6, 6.07) is 4.79. The Morgan fingerprint density at radius 3 is 2.86 bits per heavy atom. The summed E-state index contributed by atoms with van der Waals surface area (Å²) >= 11 is 4.51. The number of halogens is 2. The summed E-state index contributed by atoms with van der Waals surface area (Å²) in [5.41, 5.74) is 8.66. The lowest BCUT2D eigenvalue weighted by Gasteiger charge is -2.02. The molecule has 0 spiro atoms. The Morgan fingerprint density at radius 1 is 1.43 bits per heavy atom. The first kappa shape index (κ1) is 9.61. The van der Waals surface area contributed by atoms with Crippen LogP contribution >= 0.6 is 27.3 Å². The second kappa shape index (κ2) is 3.67. The molecule has 0 aliphatic carbocycles. The van der Waals surface area contributed by atoms with Crippen molar-refractivity contribution in [2.45, 2.75) is 0 Å². The van der Waals surface area contributed by atoms with E-state index in [1.54, 1.807) is 17.6 Å². The number of benzene rings is 1. The molecule has 2 nitrogen and oxygen atoms in total. The molecule has 0 fully saturated rings. The van der Waals surface area contributed by atoms with E-state index >= 15 is 0 Å². The van der Waals surface area contributed by atoms with E-state index in [1.807, 2.05) is 0 Å². The van der Waals surface area contributed by atoms with Gasteiger partial charge >= 0.3 is 0 Å². The van der Waals surface area contributed by atoms with Crippen LogP contribution in [0.2, 0.25) is 0 Å². The minimum absolute atomic E-state index is 0.310. The number of hydrogen-bond acceptors (Lipinski definition) is 3. The first-order chi connectivity index (χ1) is 6.70. The lowest BCUT2D eigenvalue weighted by Crippen LogP contribution is -1.88. The van der Waals surface area contributed by atoms with Crippen LogP contribution in [0.4, 0.5) is 9.39 Å². The predicted octanol–water partition coefficient (Wildman–Crippen LogP) is 3.29. The van der Waals surface area contributed by atoms with E-state index < -0.39 is 0 Å². The van der Waals surface area contributed by atoms with Crippen LogP contribution in [-0.4, -0.2) is 4.98 Å². The van der Waals surface area contributed by atoms with Crippen LogP contribution in [0.3, 0.4) is 0 Å². The predicted molar refractivity (Wildman–Crippen MR) is 59.6 cm³/mol. The number of hydrogen-bond donors (Lipinski definition) is 1. The molecule has 2 aromatic rings. The van der Waals surface area contributed by atoms with Crippen LogP contribution in [-0.2, 0) is 0 Å². The van der Waals surface area contributed by atoms with Crippen LogP contribution in [0.25, 0.3) is 11.3 Å². The normalized spacial score (nSPS) is 10.4. The average molecular weight is 273 g/mol. The Balaban J connectivity index is 2.63. The maximum Gasteiger partial charge on any atom is 0.138 e. The number of thiazole rings is 1. The monoisotopic (exact) mass is 272 g/mol. The Morgan fingerprint density at radius 2 is 2.21 bits per heavy atom. The van der Waals surface area contributed by atoms with Crippen LogP contribution in [0, 0.1) is 5.82 Å². The largest absolute Gasteiger partial charge is 0.389 e. The lowest BCUT2D eigenvalue weighted by atomic mass is 10.1. The Hall–Kier alpha value is -0.940. The third-order valence-electron chi connectivity index (χ3n) is 1.80. The van der Waals surface area contributed by atoms with Gasteiger partial charge in [0.05, 0.1) is 9.98 Å². The SMILES string of the molecule is Nc1scnc1-c1cccc(F)c1Br. The van der Waals surface area contributed by atoms with Crippen molar-refractivity contribution in [3.05, 3.63) is 34.0 Å². The zero-order chi connectivity index (χ0) is 10.1. The van der Waals surface area contributed by atoms with Crippen molar-refractivity contribution in [2.24, 2.45) is 0 Å². The van der Waals surface area contributed by atoms with Gasteiger partial charge in [-0.2, -0.15) is 0 Å². The van der Waals surface area contributed by atoms with E-state index in [-0.39, 0.29) is 5.82 Å². The molecule has 1 aromatic carbocycles. The molecule has 14 heavy (non-hydrogen) atoms. The highest BCUT2D eigenvalue weighted by molar-refractivity contribution is 9.10. The summed E-state index contributed by atoms with van der Waals surface area (Å²) in [4.78, 5) is 4.08. The maximum absolute atomic E-state index is 13.2. The molecule has 72 valence electrons. The molecule has 2 N–H and O–H groups in total. The number of nitrogens with zero attached hydrogens (tertiary/aromatic N) is 1. The van der Waals surface area contributed by atoms with Crippen LogP contribution in [0.5, 0.6) is 0 Å². The molecule has 0 bridgehead atoms. The van der Waals surface area contributed by atoms with Crippen LogP contribution < -0.4 is 5.73 Å².